The Morgan fingerprint density at radius 1 is 0.857 bits per heavy atom. The monoisotopic (exact) mass is 288 g/mol. The van der Waals surface area contributed by atoms with Gasteiger partial charge >= 0.3 is 0 Å². The van der Waals surface area contributed by atoms with Gasteiger partial charge in [0, 0.05) is 0 Å². The molecule has 0 aliphatic heterocycles. The van der Waals surface area contributed by atoms with Crippen LogP contribution in [0.15, 0.2) is 42.5 Å². The average molecular weight is 288 g/mol. The largest absolute Gasteiger partial charge is 0.508 e. The van der Waals surface area contributed by atoms with E-state index in [1.54, 1.807) is 18.2 Å². The molecule has 2 nitrogen and oxygen atoms in total. The van der Waals surface area contributed by atoms with Gasteiger partial charge in [0.25, 0.3) is 0 Å². The molecule has 2 rings (SSSR count). The molecule has 0 fully saturated rings. The molecule has 0 spiro atoms. The average Bonchev–Trinajstić information content (AvgIpc) is 2.49. The minimum Gasteiger partial charge on any atom is -0.508 e. The standard InChI is InChI=1S/C18H21FO2/c1-3-15(12-5-8-14(20)9-6-12)16(4-2)13-7-10-18(21)17(19)11-13/h5-11,15-16,20-21H,3-4H2,1-2H3/t15-,16+/m1/s1. The lowest BCUT2D eigenvalue weighted by atomic mass is 9.78. The van der Waals surface area contributed by atoms with Crippen molar-refractivity contribution in [1.82, 2.24) is 0 Å². The van der Waals surface area contributed by atoms with Crippen molar-refractivity contribution in [3.05, 3.63) is 59.4 Å². The van der Waals surface area contributed by atoms with Crippen LogP contribution in [0.3, 0.4) is 0 Å². The Morgan fingerprint density at radius 2 is 1.38 bits per heavy atom. The summed E-state index contributed by atoms with van der Waals surface area (Å²) < 4.78 is 13.6. The number of halogens is 1. The van der Waals surface area contributed by atoms with Crippen LogP contribution in [0, 0.1) is 5.82 Å². The highest BCUT2D eigenvalue weighted by Crippen LogP contribution is 2.39. The van der Waals surface area contributed by atoms with Gasteiger partial charge < -0.3 is 10.2 Å². The number of hydrogen-bond acceptors (Lipinski definition) is 2. The summed E-state index contributed by atoms with van der Waals surface area (Å²) in [7, 11) is 0. The third-order valence-corrected chi connectivity index (χ3v) is 4.09. The summed E-state index contributed by atoms with van der Waals surface area (Å²) in [4.78, 5) is 0. The Kier molecular flexibility index (Phi) is 4.84. The lowest BCUT2D eigenvalue weighted by Crippen LogP contribution is -2.10. The molecule has 21 heavy (non-hydrogen) atoms. The van der Waals surface area contributed by atoms with Crippen molar-refractivity contribution in [1.29, 1.82) is 0 Å². The van der Waals surface area contributed by atoms with E-state index in [-0.39, 0.29) is 23.3 Å². The van der Waals surface area contributed by atoms with Crippen molar-refractivity contribution >= 4 is 0 Å². The van der Waals surface area contributed by atoms with Gasteiger partial charge in [0.05, 0.1) is 0 Å². The van der Waals surface area contributed by atoms with Gasteiger partial charge in [-0.25, -0.2) is 4.39 Å². The highest BCUT2D eigenvalue weighted by Gasteiger charge is 2.22. The number of hydrogen-bond donors (Lipinski definition) is 2. The molecule has 0 unspecified atom stereocenters. The lowest BCUT2D eigenvalue weighted by Gasteiger charge is -2.26. The van der Waals surface area contributed by atoms with Crippen LogP contribution in [0.1, 0.15) is 49.7 Å². The lowest BCUT2D eigenvalue weighted by molar-refractivity contribution is 0.429. The maximum absolute atomic E-state index is 13.6. The topological polar surface area (TPSA) is 40.5 Å². The third-order valence-electron chi connectivity index (χ3n) is 4.09. The van der Waals surface area contributed by atoms with E-state index in [9.17, 15) is 14.6 Å². The van der Waals surface area contributed by atoms with E-state index in [1.165, 1.54) is 12.1 Å². The highest BCUT2D eigenvalue weighted by atomic mass is 19.1. The molecule has 0 aliphatic carbocycles. The summed E-state index contributed by atoms with van der Waals surface area (Å²) >= 11 is 0. The molecule has 0 heterocycles. The minimum absolute atomic E-state index is 0.176. The summed E-state index contributed by atoms with van der Waals surface area (Å²) in [5.41, 5.74) is 2.03. The van der Waals surface area contributed by atoms with Crippen molar-refractivity contribution in [3.8, 4) is 11.5 Å². The van der Waals surface area contributed by atoms with Crippen molar-refractivity contribution in [2.75, 3.05) is 0 Å². The van der Waals surface area contributed by atoms with Gasteiger partial charge in [-0.15, -0.1) is 0 Å². The van der Waals surface area contributed by atoms with E-state index in [1.807, 2.05) is 12.1 Å². The van der Waals surface area contributed by atoms with Crippen molar-refractivity contribution in [2.45, 2.75) is 38.5 Å². The fourth-order valence-corrected chi connectivity index (χ4v) is 2.98. The van der Waals surface area contributed by atoms with Crippen molar-refractivity contribution in [2.24, 2.45) is 0 Å². The second-order valence-electron chi connectivity index (χ2n) is 5.33. The molecule has 112 valence electrons. The SMILES string of the molecule is CC[C@H](c1ccc(O)cc1)[C@@H](CC)c1ccc(O)c(F)c1. The number of benzene rings is 2. The van der Waals surface area contributed by atoms with Gasteiger partial charge in [-0.3, -0.25) is 0 Å². The van der Waals surface area contributed by atoms with Crippen LogP contribution in [0.5, 0.6) is 11.5 Å². The molecule has 0 aromatic heterocycles. The van der Waals surface area contributed by atoms with Gasteiger partial charge in [-0.2, -0.15) is 0 Å². The molecule has 0 saturated heterocycles. The predicted octanol–water partition coefficient (Wildman–Crippen LogP) is 4.92. The van der Waals surface area contributed by atoms with Crippen LogP contribution in [0.2, 0.25) is 0 Å². The first-order chi connectivity index (χ1) is 10.1. The molecule has 3 heteroatoms. The molecule has 2 aromatic carbocycles. The molecular formula is C18H21FO2. The number of phenolic OH excluding ortho intramolecular Hbond substituents is 2. The zero-order valence-electron chi connectivity index (χ0n) is 12.4. The van der Waals surface area contributed by atoms with E-state index < -0.39 is 5.82 Å². The van der Waals surface area contributed by atoms with E-state index in [4.69, 9.17) is 0 Å². The molecule has 2 atom stereocenters. The van der Waals surface area contributed by atoms with E-state index in [2.05, 4.69) is 13.8 Å². The zero-order valence-corrected chi connectivity index (χ0v) is 12.4. The Balaban J connectivity index is 2.36. The second-order valence-corrected chi connectivity index (χ2v) is 5.33. The van der Waals surface area contributed by atoms with E-state index in [0.717, 1.165) is 24.0 Å². The van der Waals surface area contributed by atoms with Gasteiger partial charge in [-0.05, 0) is 60.1 Å². The fourth-order valence-electron chi connectivity index (χ4n) is 2.98. The van der Waals surface area contributed by atoms with Crippen LogP contribution in [0.4, 0.5) is 4.39 Å². The Hall–Kier alpha value is -2.03. The Morgan fingerprint density at radius 3 is 1.90 bits per heavy atom. The first-order valence-corrected chi connectivity index (χ1v) is 7.34. The zero-order chi connectivity index (χ0) is 15.4. The summed E-state index contributed by atoms with van der Waals surface area (Å²) in [6.45, 7) is 4.19. The molecule has 0 aliphatic rings. The van der Waals surface area contributed by atoms with Crippen LogP contribution in [-0.2, 0) is 0 Å². The predicted molar refractivity (Wildman–Crippen MR) is 82.2 cm³/mol. The van der Waals surface area contributed by atoms with Gasteiger partial charge in [-0.1, -0.05) is 32.0 Å². The van der Waals surface area contributed by atoms with Gasteiger partial charge in [0.2, 0.25) is 0 Å². The molecule has 2 aromatic rings. The smallest absolute Gasteiger partial charge is 0.165 e. The first-order valence-electron chi connectivity index (χ1n) is 7.34. The summed E-state index contributed by atoms with van der Waals surface area (Å²) in [6, 6.07) is 11.8. The van der Waals surface area contributed by atoms with Gasteiger partial charge in [0.15, 0.2) is 11.6 Å². The summed E-state index contributed by atoms with van der Waals surface area (Å²) in [6.07, 6.45) is 1.80. The number of rotatable bonds is 5. The molecule has 0 amide bonds. The Bertz CT molecular complexity index is 593. The van der Waals surface area contributed by atoms with Crippen LogP contribution < -0.4 is 0 Å². The maximum Gasteiger partial charge on any atom is 0.165 e. The number of phenols is 2. The maximum atomic E-state index is 13.6. The van der Waals surface area contributed by atoms with Crippen LogP contribution in [0.25, 0.3) is 0 Å². The third kappa shape index (κ3) is 3.35. The van der Waals surface area contributed by atoms with E-state index >= 15 is 0 Å². The summed E-state index contributed by atoms with van der Waals surface area (Å²) in [5, 5.41) is 18.8. The highest BCUT2D eigenvalue weighted by molar-refractivity contribution is 5.35. The Labute approximate surface area is 124 Å². The summed E-state index contributed by atoms with van der Waals surface area (Å²) in [5.74, 6) is -0.218. The van der Waals surface area contributed by atoms with Gasteiger partial charge in [0.1, 0.15) is 5.75 Å². The van der Waals surface area contributed by atoms with Crippen molar-refractivity contribution < 1.29 is 14.6 Å². The molecule has 0 radical (unpaired) electrons. The molecule has 2 N–H and O–H groups in total. The van der Waals surface area contributed by atoms with E-state index in [0.29, 0.717) is 0 Å². The van der Waals surface area contributed by atoms with Crippen LogP contribution >= 0.6 is 0 Å². The molecule has 0 bridgehead atoms. The number of aromatic hydroxyl groups is 2. The normalized spacial score (nSPS) is 13.9. The quantitative estimate of drug-likeness (QED) is 0.819. The molecular weight excluding hydrogens is 267 g/mol. The minimum atomic E-state index is -0.577. The second kappa shape index (κ2) is 6.61. The molecule has 0 saturated carbocycles. The fraction of sp³-hybridized carbons (Fsp3) is 0.333. The van der Waals surface area contributed by atoms with Crippen LogP contribution in [-0.4, -0.2) is 10.2 Å². The first kappa shape index (κ1) is 15.4. The van der Waals surface area contributed by atoms with Crippen molar-refractivity contribution in [3.63, 3.8) is 0 Å².